The molecule has 1 aromatic carbocycles. The molecule has 2 aliphatic rings. The van der Waals surface area contributed by atoms with Gasteiger partial charge in [-0.15, -0.1) is 0 Å². The third-order valence-corrected chi connectivity index (χ3v) is 5.81. The number of carboxylic acids is 1. The van der Waals surface area contributed by atoms with Gasteiger partial charge in [0.25, 0.3) is 0 Å². The summed E-state index contributed by atoms with van der Waals surface area (Å²) in [6.07, 6.45) is 7.19. The summed E-state index contributed by atoms with van der Waals surface area (Å²) in [6, 6.07) is 7.23. The average molecular weight is 355 g/mol. The summed E-state index contributed by atoms with van der Waals surface area (Å²) in [6.45, 7) is 0.706. The van der Waals surface area contributed by atoms with Gasteiger partial charge in [0.15, 0.2) is 0 Å². The number of likely N-dealkylation sites (tertiary alicyclic amines) is 1. The number of benzene rings is 1. The van der Waals surface area contributed by atoms with Crippen molar-refractivity contribution in [2.45, 2.75) is 63.5 Å². The van der Waals surface area contributed by atoms with Crippen LogP contribution in [-0.4, -0.2) is 44.0 Å². The number of aliphatic carboxylic acids is 1. The van der Waals surface area contributed by atoms with Crippen molar-refractivity contribution in [1.82, 2.24) is 14.5 Å². The lowest BCUT2D eigenvalue weighted by Gasteiger charge is -2.25. The van der Waals surface area contributed by atoms with Crippen LogP contribution in [-0.2, 0) is 16.1 Å². The molecule has 0 spiro atoms. The van der Waals surface area contributed by atoms with Gasteiger partial charge in [-0.25, -0.2) is 9.78 Å². The Balaban J connectivity index is 1.66. The van der Waals surface area contributed by atoms with Crippen molar-refractivity contribution in [1.29, 1.82) is 0 Å². The minimum Gasteiger partial charge on any atom is -0.480 e. The fraction of sp³-hybridized carbons (Fsp3) is 0.550. The van der Waals surface area contributed by atoms with Gasteiger partial charge in [-0.05, 0) is 37.8 Å². The van der Waals surface area contributed by atoms with Crippen LogP contribution in [0.15, 0.2) is 24.3 Å². The highest BCUT2D eigenvalue weighted by atomic mass is 16.4. The van der Waals surface area contributed by atoms with Gasteiger partial charge in [-0.3, -0.25) is 4.79 Å². The number of fused-ring (bicyclic) bond motifs is 1. The number of aromatic nitrogens is 2. The minimum atomic E-state index is -0.904. The number of nitrogens with zero attached hydrogens (tertiary/aromatic N) is 3. The Labute approximate surface area is 152 Å². The highest BCUT2D eigenvalue weighted by Crippen LogP contribution is 2.34. The smallest absolute Gasteiger partial charge is 0.326 e. The summed E-state index contributed by atoms with van der Waals surface area (Å²) in [4.78, 5) is 30.7. The van der Waals surface area contributed by atoms with E-state index >= 15 is 0 Å². The Morgan fingerprint density at radius 2 is 1.85 bits per heavy atom. The van der Waals surface area contributed by atoms with Gasteiger partial charge < -0.3 is 14.6 Å². The van der Waals surface area contributed by atoms with E-state index in [0.29, 0.717) is 18.9 Å². The number of carboxylic acid groups (broad SMARTS) is 1. The third kappa shape index (κ3) is 3.08. The van der Waals surface area contributed by atoms with Gasteiger partial charge >= 0.3 is 5.97 Å². The molecule has 2 aromatic rings. The minimum absolute atomic E-state index is 0.116. The van der Waals surface area contributed by atoms with Gasteiger partial charge in [0, 0.05) is 12.5 Å². The number of carbonyl (C=O) groups excluding carboxylic acids is 1. The van der Waals surface area contributed by atoms with Gasteiger partial charge in [-0.1, -0.05) is 31.4 Å². The van der Waals surface area contributed by atoms with Crippen LogP contribution in [0, 0.1) is 0 Å². The first kappa shape index (κ1) is 17.1. The Morgan fingerprint density at radius 3 is 2.62 bits per heavy atom. The normalized spacial score (nSPS) is 21.4. The van der Waals surface area contributed by atoms with Crippen LogP contribution in [0.5, 0.6) is 0 Å². The maximum absolute atomic E-state index is 12.9. The molecule has 1 aliphatic heterocycles. The Kier molecular flexibility index (Phi) is 4.66. The van der Waals surface area contributed by atoms with E-state index in [0.717, 1.165) is 36.1 Å². The molecule has 2 fully saturated rings. The number of hydrogen-bond acceptors (Lipinski definition) is 3. The van der Waals surface area contributed by atoms with Crippen molar-refractivity contribution >= 4 is 22.9 Å². The molecule has 0 bridgehead atoms. The van der Waals surface area contributed by atoms with E-state index < -0.39 is 12.0 Å². The molecule has 1 N–H and O–H groups in total. The molecule has 1 aromatic heterocycles. The molecule has 1 saturated carbocycles. The third-order valence-electron chi connectivity index (χ3n) is 5.81. The summed E-state index contributed by atoms with van der Waals surface area (Å²) < 4.78 is 2.03. The van der Waals surface area contributed by atoms with E-state index in [9.17, 15) is 14.7 Å². The zero-order valence-corrected chi connectivity index (χ0v) is 14.9. The Morgan fingerprint density at radius 1 is 1.08 bits per heavy atom. The fourth-order valence-corrected chi connectivity index (χ4v) is 4.48. The molecule has 6 nitrogen and oxygen atoms in total. The zero-order valence-electron chi connectivity index (χ0n) is 14.9. The standard InChI is InChI=1S/C20H25N3O3/c24-18(22-12-6-11-17(22)20(25)26)13-23-16-10-5-4-9-15(16)21-19(23)14-7-2-1-3-8-14/h4-5,9-10,14,17H,1-3,6-8,11-13H2,(H,25,26). The quantitative estimate of drug-likeness (QED) is 0.914. The predicted molar refractivity (Wildman–Crippen MR) is 97.9 cm³/mol. The highest BCUT2D eigenvalue weighted by Gasteiger charge is 2.34. The second kappa shape index (κ2) is 7.09. The van der Waals surface area contributed by atoms with E-state index in [1.165, 1.54) is 24.2 Å². The molecule has 6 heteroatoms. The van der Waals surface area contributed by atoms with Crippen LogP contribution in [0.2, 0.25) is 0 Å². The number of amides is 1. The van der Waals surface area contributed by atoms with Crippen LogP contribution in [0.3, 0.4) is 0 Å². The lowest BCUT2D eigenvalue weighted by atomic mass is 9.88. The monoisotopic (exact) mass is 355 g/mol. The lowest BCUT2D eigenvalue weighted by molar-refractivity contribution is -0.148. The van der Waals surface area contributed by atoms with E-state index in [-0.39, 0.29) is 12.5 Å². The van der Waals surface area contributed by atoms with Crippen LogP contribution in [0.1, 0.15) is 56.7 Å². The van der Waals surface area contributed by atoms with Crippen molar-refractivity contribution in [3.8, 4) is 0 Å². The molecule has 2 heterocycles. The molecule has 1 unspecified atom stereocenters. The van der Waals surface area contributed by atoms with E-state index in [4.69, 9.17) is 4.98 Å². The topological polar surface area (TPSA) is 75.4 Å². The number of hydrogen-bond donors (Lipinski definition) is 1. The Hall–Kier alpha value is -2.37. The Bertz CT molecular complexity index is 823. The van der Waals surface area contributed by atoms with Gasteiger partial charge in [0.1, 0.15) is 18.4 Å². The van der Waals surface area contributed by atoms with Gasteiger partial charge in [0.05, 0.1) is 11.0 Å². The molecule has 1 amide bonds. The van der Waals surface area contributed by atoms with Gasteiger partial charge in [-0.2, -0.15) is 0 Å². The molecule has 26 heavy (non-hydrogen) atoms. The summed E-state index contributed by atoms with van der Waals surface area (Å²) in [7, 11) is 0. The van der Waals surface area contributed by atoms with Crippen LogP contribution in [0.4, 0.5) is 0 Å². The van der Waals surface area contributed by atoms with Crippen LogP contribution < -0.4 is 0 Å². The second-order valence-electron chi connectivity index (χ2n) is 7.46. The number of imidazole rings is 1. The average Bonchev–Trinajstić information content (AvgIpc) is 3.28. The maximum Gasteiger partial charge on any atom is 0.326 e. The van der Waals surface area contributed by atoms with Crippen LogP contribution >= 0.6 is 0 Å². The molecule has 1 aliphatic carbocycles. The van der Waals surface area contributed by atoms with Crippen molar-refractivity contribution in [2.24, 2.45) is 0 Å². The van der Waals surface area contributed by atoms with E-state index in [1.54, 1.807) is 0 Å². The number of rotatable bonds is 4. The van der Waals surface area contributed by atoms with Crippen molar-refractivity contribution in [3.05, 3.63) is 30.1 Å². The summed E-state index contributed by atoms with van der Waals surface area (Å²) >= 11 is 0. The maximum atomic E-state index is 12.9. The van der Waals surface area contributed by atoms with Crippen LogP contribution in [0.25, 0.3) is 11.0 Å². The summed E-state index contributed by atoms with van der Waals surface area (Å²) in [5.74, 6) is 0.358. The van der Waals surface area contributed by atoms with Crippen molar-refractivity contribution in [2.75, 3.05) is 6.54 Å². The molecular formula is C20H25N3O3. The molecule has 1 saturated heterocycles. The van der Waals surface area contributed by atoms with Gasteiger partial charge in [0.2, 0.25) is 5.91 Å². The first-order valence-electron chi connectivity index (χ1n) is 9.62. The lowest BCUT2D eigenvalue weighted by Crippen LogP contribution is -2.42. The summed E-state index contributed by atoms with van der Waals surface area (Å²) in [5, 5.41) is 9.38. The first-order chi connectivity index (χ1) is 12.6. The zero-order chi connectivity index (χ0) is 18.1. The van der Waals surface area contributed by atoms with E-state index in [2.05, 4.69) is 0 Å². The highest BCUT2D eigenvalue weighted by molar-refractivity contribution is 5.85. The predicted octanol–water partition coefficient (Wildman–Crippen LogP) is 3.16. The number of para-hydroxylation sites is 2. The second-order valence-corrected chi connectivity index (χ2v) is 7.46. The largest absolute Gasteiger partial charge is 0.480 e. The number of carbonyl (C=O) groups is 2. The van der Waals surface area contributed by atoms with Crippen molar-refractivity contribution < 1.29 is 14.7 Å². The SMILES string of the molecule is O=C(O)C1CCCN1C(=O)Cn1c(C2CCCCC2)nc2ccccc21. The molecule has 138 valence electrons. The van der Waals surface area contributed by atoms with E-state index in [1.807, 2.05) is 28.8 Å². The fourth-order valence-electron chi connectivity index (χ4n) is 4.48. The molecule has 1 atom stereocenters. The molecule has 4 rings (SSSR count). The van der Waals surface area contributed by atoms with Crippen molar-refractivity contribution in [3.63, 3.8) is 0 Å². The molecule has 0 radical (unpaired) electrons. The summed E-state index contributed by atoms with van der Waals surface area (Å²) in [5.41, 5.74) is 1.88. The first-order valence-corrected chi connectivity index (χ1v) is 9.62. The molecular weight excluding hydrogens is 330 g/mol.